The Hall–Kier alpha value is -4.60. The Labute approximate surface area is 219 Å². The Kier molecular flexibility index (Phi) is 7.52. The maximum Gasteiger partial charge on any atom is 0.251 e. The number of hydrogen-bond acceptors (Lipinski definition) is 6. The normalized spacial score (nSPS) is 12.1. The topological polar surface area (TPSA) is 113 Å². The van der Waals surface area contributed by atoms with Crippen LogP contribution in [-0.2, 0) is 16.1 Å². The van der Waals surface area contributed by atoms with Gasteiger partial charge in [0.25, 0.3) is 5.91 Å². The molecular weight excluding hydrogens is 487 g/mol. The summed E-state index contributed by atoms with van der Waals surface area (Å²) in [7, 11) is 0. The molecule has 1 aromatic heterocycles. The lowest BCUT2D eigenvalue weighted by molar-refractivity contribution is -0.128. The molecule has 196 valence electrons. The van der Waals surface area contributed by atoms with Crippen molar-refractivity contribution < 1.29 is 19.1 Å². The summed E-state index contributed by atoms with van der Waals surface area (Å²) in [5.74, 6) is -1.09. The predicted molar refractivity (Wildman–Crippen MR) is 141 cm³/mol. The van der Waals surface area contributed by atoms with Crippen LogP contribution in [0.2, 0.25) is 0 Å². The van der Waals surface area contributed by atoms with Gasteiger partial charge in [-0.1, -0.05) is 42.0 Å². The summed E-state index contributed by atoms with van der Waals surface area (Å²) < 4.78 is 13.8. The third-order valence-corrected chi connectivity index (χ3v) is 5.63. The fraction of sp³-hybridized carbons (Fsp3) is 0.250. The molecule has 4 aromatic rings. The first-order valence-corrected chi connectivity index (χ1v) is 12.0. The molecule has 0 radical (unpaired) electrons. The minimum absolute atomic E-state index is 0.0128. The quantitative estimate of drug-likeness (QED) is 0.381. The second-order valence-corrected chi connectivity index (χ2v) is 9.98. The van der Waals surface area contributed by atoms with E-state index in [1.54, 1.807) is 12.1 Å². The molecule has 0 spiro atoms. The second-order valence-electron chi connectivity index (χ2n) is 9.98. The molecule has 1 unspecified atom stereocenters. The van der Waals surface area contributed by atoms with Crippen molar-refractivity contribution in [1.29, 1.82) is 0 Å². The molecule has 0 aliphatic rings. The summed E-state index contributed by atoms with van der Waals surface area (Å²) in [6, 6.07) is 17.7. The lowest BCUT2D eigenvalue weighted by Gasteiger charge is -2.33. The summed E-state index contributed by atoms with van der Waals surface area (Å²) in [4.78, 5) is 29.9. The van der Waals surface area contributed by atoms with E-state index in [1.165, 1.54) is 41.3 Å². The zero-order valence-corrected chi connectivity index (χ0v) is 21.6. The molecule has 3 aromatic carbocycles. The molecule has 2 amide bonds. The summed E-state index contributed by atoms with van der Waals surface area (Å²) >= 11 is 0. The van der Waals surface area contributed by atoms with E-state index in [0.717, 1.165) is 15.9 Å². The number of hydrogen-bond donors (Lipinski definition) is 2. The van der Waals surface area contributed by atoms with E-state index in [2.05, 4.69) is 20.7 Å². The monoisotopic (exact) mass is 516 g/mol. The maximum absolute atomic E-state index is 13.8. The first-order valence-electron chi connectivity index (χ1n) is 12.0. The minimum atomic E-state index is -1.13. The van der Waals surface area contributed by atoms with Gasteiger partial charge in [0.2, 0.25) is 11.7 Å². The van der Waals surface area contributed by atoms with E-state index < -0.39 is 29.2 Å². The number of rotatable bonds is 7. The number of carbonyl (C=O) groups is 2. The lowest BCUT2D eigenvalue weighted by atomic mass is 10.0. The van der Waals surface area contributed by atoms with Crippen molar-refractivity contribution in [3.8, 4) is 17.1 Å². The van der Waals surface area contributed by atoms with Gasteiger partial charge in [0, 0.05) is 16.8 Å². The van der Waals surface area contributed by atoms with E-state index in [-0.39, 0.29) is 12.3 Å². The zero-order chi connectivity index (χ0) is 27.4. The number of aromatic nitrogens is 4. The molecular formula is C28H29FN6O3. The van der Waals surface area contributed by atoms with E-state index in [1.807, 2.05) is 52.0 Å². The van der Waals surface area contributed by atoms with Gasteiger partial charge in [-0.15, -0.1) is 10.2 Å². The largest absolute Gasteiger partial charge is 0.508 e. The van der Waals surface area contributed by atoms with Crippen molar-refractivity contribution in [2.24, 2.45) is 0 Å². The van der Waals surface area contributed by atoms with E-state index in [0.29, 0.717) is 17.1 Å². The van der Waals surface area contributed by atoms with E-state index in [9.17, 15) is 19.1 Å². The number of anilines is 1. The van der Waals surface area contributed by atoms with Crippen LogP contribution in [0.5, 0.6) is 5.75 Å². The molecule has 1 atom stereocenters. The molecule has 0 aliphatic heterocycles. The van der Waals surface area contributed by atoms with Crippen LogP contribution in [0.3, 0.4) is 0 Å². The highest BCUT2D eigenvalue weighted by atomic mass is 19.1. The Bertz CT molecular complexity index is 1410. The SMILES string of the molecule is Cc1ccc(-c2nnn(CC(=O)N(c3ccc(F)cc3)C(C(=O)NC(C)(C)C)c3ccc(O)cc3)n2)cc1. The minimum Gasteiger partial charge on any atom is -0.508 e. The number of carbonyl (C=O) groups excluding carboxylic acids is 2. The van der Waals surface area contributed by atoms with Gasteiger partial charge in [0.15, 0.2) is 0 Å². The first-order chi connectivity index (χ1) is 18.0. The third-order valence-electron chi connectivity index (χ3n) is 5.63. The predicted octanol–water partition coefficient (Wildman–Crippen LogP) is 4.18. The smallest absolute Gasteiger partial charge is 0.251 e. The number of nitrogens with one attached hydrogen (secondary N) is 1. The highest BCUT2D eigenvalue weighted by Crippen LogP contribution is 2.30. The Morgan fingerprint density at radius 1 is 1.00 bits per heavy atom. The molecule has 10 heteroatoms. The van der Waals surface area contributed by atoms with E-state index >= 15 is 0 Å². The fourth-order valence-corrected chi connectivity index (χ4v) is 3.88. The van der Waals surface area contributed by atoms with Crippen LogP contribution in [-0.4, -0.2) is 42.7 Å². The fourth-order valence-electron chi connectivity index (χ4n) is 3.88. The average molecular weight is 517 g/mol. The van der Waals surface area contributed by atoms with Crippen molar-refractivity contribution in [2.45, 2.75) is 45.8 Å². The van der Waals surface area contributed by atoms with Gasteiger partial charge < -0.3 is 10.4 Å². The van der Waals surface area contributed by atoms with Gasteiger partial charge in [-0.3, -0.25) is 14.5 Å². The van der Waals surface area contributed by atoms with Crippen molar-refractivity contribution in [3.05, 3.63) is 89.7 Å². The highest BCUT2D eigenvalue weighted by molar-refractivity contribution is 6.01. The first kappa shape index (κ1) is 26.5. The number of phenolic OH excluding ortho intramolecular Hbond substituents is 1. The Morgan fingerprint density at radius 3 is 2.24 bits per heavy atom. The number of nitrogens with zero attached hydrogens (tertiary/aromatic N) is 5. The summed E-state index contributed by atoms with van der Waals surface area (Å²) in [6.45, 7) is 7.13. The molecule has 2 N–H and O–H groups in total. The summed E-state index contributed by atoms with van der Waals surface area (Å²) in [5, 5.41) is 25.2. The second kappa shape index (κ2) is 10.8. The van der Waals surface area contributed by atoms with Crippen LogP contribution in [0.15, 0.2) is 72.8 Å². The van der Waals surface area contributed by atoms with Crippen LogP contribution in [0.25, 0.3) is 11.4 Å². The van der Waals surface area contributed by atoms with Gasteiger partial charge in [-0.25, -0.2) is 4.39 Å². The van der Waals surface area contributed by atoms with Gasteiger partial charge in [0.1, 0.15) is 24.2 Å². The Morgan fingerprint density at radius 2 is 1.63 bits per heavy atom. The molecule has 4 rings (SSSR count). The van der Waals surface area contributed by atoms with E-state index in [4.69, 9.17) is 0 Å². The van der Waals surface area contributed by atoms with Crippen LogP contribution < -0.4 is 10.2 Å². The van der Waals surface area contributed by atoms with Crippen molar-refractivity contribution in [3.63, 3.8) is 0 Å². The lowest BCUT2D eigenvalue weighted by Crippen LogP contribution is -2.50. The number of phenols is 1. The zero-order valence-electron chi connectivity index (χ0n) is 21.6. The van der Waals surface area contributed by atoms with Crippen molar-refractivity contribution in [1.82, 2.24) is 25.5 Å². The number of amides is 2. The molecule has 0 saturated carbocycles. The summed E-state index contributed by atoms with van der Waals surface area (Å²) in [6.07, 6.45) is 0. The molecule has 0 fully saturated rings. The number of benzene rings is 3. The van der Waals surface area contributed by atoms with Gasteiger partial charge >= 0.3 is 0 Å². The van der Waals surface area contributed by atoms with Gasteiger partial charge in [-0.05, 0) is 74.9 Å². The molecule has 1 heterocycles. The average Bonchev–Trinajstić information content (AvgIpc) is 3.31. The molecule has 9 nitrogen and oxygen atoms in total. The molecule has 0 aliphatic carbocycles. The number of aromatic hydroxyl groups is 1. The van der Waals surface area contributed by atoms with Gasteiger partial charge in [-0.2, -0.15) is 4.80 Å². The highest BCUT2D eigenvalue weighted by Gasteiger charge is 2.35. The van der Waals surface area contributed by atoms with Gasteiger partial charge in [0.05, 0.1) is 0 Å². The van der Waals surface area contributed by atoms with Crippen LogP contribution in [0, 0.1) is 12.7 Å². The third kappa shape index (κ3) is 6.39. The standard InChI is InChI=1S/C28H29FN6O3/c1-18-5-7-20(8-6-18)26-31-33-34(32-26)17-24(37)35(22-13-11-21(29)12-14-22)25(27(38)30-28(2,3)4)19-9-15-23(36)16-10-19/h5-16,25,36H,17H2,1-4H3,(H,30,38). The summed E-state index contributed by atoms with van der Waals surface area (Å²) in [5.41, 5.74) is 1.99. The molecule has 0 bridgehead atoms. The van der Waals surface area contributed by atoms with Crippen LogP contribution in [0.1, 0.15) is 37.9 Å². The number of aryl methyl sites for hydroxylation is 1. The maximum atomic E-state index is 13.8. The molecule has 38 heavy (non-hydrogen) atoms. The molecule has 0 saturated heterocycles. The number of tetrazole rings is 1. The van der Waals surface area contributed by atoms with Crippen molar-refractivity contribution in [2.75, 3.05) is 4.90 Å². The van der Waals surface area contributed by atoms with Crippen LogP contribution >= 0.6 is 0 Å². The van der Waals surface area contributed by atoms with Crippen molar-refractivity contribution >= 4 is 17.5 Å². The number of halogens is 1. The van der Waals surface area contributed by atoms with Crippen LogP contribution in [0.4, 0.5) is 10.1 Å². The Balaban J connectivity index is 1.73.